The van der Waals surface area contributed by atoms with Crippen molar-refractivity contribution in [3.8, 4) is 11.3 Å². The second kappa shape index (κ2) is 8.76. The number of esters is 1. The molecule has 1 aliphatic heterocycles. The van der Waals surface area contributed by atoms with Crippen LogP contribution in [0, 0.1) is 12.8 Å². The van der Waals surface area contributed by atoms with Crippen LogP contribution in [0.2, 0.25) is 0 Å². The Morgan fingerprint density at radius 3 is 2.65 bits per heavy atom. The molecule has 0 N–H and O–H groups in total. The van der Waals surface area contributed by atoms with Gasteiger partial charge in [-0.2, -0.15) is 0 Å². The van der Waals surface area contributed by atoms with Crippen molar-refractivity contribution in [3.63, 3.8) is 0 Å². The van der Waals surface area contributed by atoms with Crippen LogP contribution in [0.25, 0.3) is 22.3 Å². The molecule has 0 bridgehead atoms. The Balaban J connectivity index is 1.76. The Bertz CT molecular complexity index is 1180. The molecule has 0 radical (unpaired) electrons. The second-order valence-corrected chi connectivity index (χ2v) is 7.78. The van der Waals surface area contributed by atoms with Gasteiger partial charge < -0.3 is 14.1 Å². The number of carbonyl (C=O) groups is 2. The first-order chi connectivity index (χ1) is 15.0. The van der Waals surface area contributed by atoms with E-state index in [1.54, 1.807) is 36.9 Å². The van der Waals surface area contributed by atoms with Gasteiger partial charge in [0.15, 0.2) is 11.0 Å². The van der Waals surface area contributed by atoms with Crippen LogP contribution >= 0.6 is 0 Å². The van der Waals surface area contributed by atoms with Crippen LogP contribution < -0.4 is 5.43 Å². The minimum atomic E-state index is -0.332. The van der Waals surface area contributed by atoms with E-state index in [0.717, 1.165) is 12.0 Å². The van der Waals surface area contributed by atoms with Crippen molar-refractivity contribution in [2.75, 3.05) is 19.7 Å². The summed E-state index contributed by atoms with van der Waals surface area (Å²) in [6.45, 7) is 4.67. The van der Waals surface area contributed by atoms with Gasteiger partial charge in [0.25, 0.3) is 5.91 Å². The molecule has 0 spiro atoms. The van der Waals surface area contributed by atoms with E-state index in [1.807, 2.05) is 30.3 Å². The van der Waals surface area contributed by atoms with Crippen LogP contribution in [-0.4, -0.2) is 36.5 Å². The quantitative estimate of drug-likeness (QED) is 0.593. The molecule has 1 atom stereocenters. The zero-order chi connectivity index (χ0) is 22.0. The molecular formula is C25H25NO5. The van der Waals surface area contributed by atoms with Gasteiger partial charge in [0.1, 0.15) is 5.76 Å². The highest BCUT2D eigenvalue weighted by Gasteiger charge is 2.31. The second-order valence-electron chi connectivity index (χ2n) is 7.78. The smallest absolute Gasteiger partial charge is 0.310 e. The van der Waals surface area contributed by atoms with Gasteiger partial charge in [0.2, 0.25) is 0 Å². The fraction of sp³-hybridized carbons (Fsp3) is 0.320. The SMILES string of the molecule is CCOC(=O)[C@@H]1CCCN(C(=O)c2cccc3c(=O)c(C)c(-c4ccccc4)oc23)C1. The van der Waals surface area contributed by atoms with Gasteiger partial charge >= 0.3 is 5.97 Å². The molecule has 160 valence electrons. The molecule has 2 heterocycles. The van der Waals surface area contributed by atoms with Gasteiger partial charge in [-0.3, -0.25) is 14.4 Å². The number of amides is 1. The molecule has 6 nitrogen and oxygen atoms in total. The fourth-order valence-corrected chi connectivity index (χ4v) is 4.13. The van der Waals surface area contributed by atoms with Crippen LogP contribution in [-0.2, 0) is 9.53 Å². The molecule has 1 aromatic heterocycles. The molecular weight excluding hydrogens is 394 g/mol. The number of rotatable bonds is 4. The van der Waals surface area contributed by atoms with Crippen molar-refractivity contribution in [3.05, 3.63) is 69.9 Å². The predicted molar refractivity (Wildman–Crippen MR) is 118 cm³/mol. The van der Waals surface area contributed by atoms with Crippen molar-refractivity contribution >= 4 is 22.8 Å². The molecule has 0 unspecified atom stereocenters. The van der Waals surface area contributed by atoms with E-state index in [1.165, 1.54) is 0 Å². The lowest BCUT2D eigenvalue weighted by atomic mass is 9.97. The normalized spacial score (nSPS) is 16.3. The topological polar surface area (TPSA) is 76.8 Å². The van der Waals surface area contributed by atoms with Gasteiger partial charge in [0.05, 0.1) is 23.5 Å². The van der Waals surface area contributed by atoms with Crippen LogP contribution in [0.15, 0.2) is 57.7 Å². The van der Waals surface area contributed by atoms with Crippen molar-refractivity contribution in [2.24, 2.45) is 5.92 Å². The van der Waals surface area contributed by atoms with Crippen LogP contribution in [0.3, 0.4) is 0 Å². The minimum absolute atomic E-state index is 0.155. The number of carbonyl (C=O) groups excluding carboxylic acids is 2. The number of likely N-dealkylation sites (tertiary alicyclic amines) is 1. The van der Waals surface area contributed by atoms with E-state index >= 15 is 0 Å². The Hall–Kier alpha value is -3.41. The summed E-state index contributed by atoms with van der Waals surface area (Å²) in [6.07, 6.45) is 1.42. The molecule has 1 amide bonds. The number of piperidine rings is 1. The van der Waals surface area contributed by atoms with Gasteiger partial charge in [0, 0.05) is 24.2 Å². The molecule has 6 heteroatoms. The van der Waals surface area contributed by atoms with Crippen molar-refractivity contribution in [2.45, 2.75) is 26.7 Å². The van der Waals surface area contributed by atoms with Crippen LogP contribution in [0.5, 0.6) is 0 Å². The van der Waals surface area contributed by atoms with Gasteiger partial charge in [-0.1, -0.05) is 36.4 Å². The number of hydrogen-bond acceptors (Lipinski definition) is 5. The van der Waals surface area contributed by atoms with E-state index in [4.69, 9.17) is 9.15 Å². The van der Waals surface area contributed by atoms with Crippen LogP contribution in [0.4, 0.5) is 0 Å². The largest absolute Gasteiger partial charge is 0.466 e. The number of para-hydroxylation sites is 1. The van der Waals surface area contributed by atoms with E-state index in [-0.39, 0.29) is 28.8 Å². The number of hydrogen-bond donors (Lipinski definition) is 0. The summed E-state index contributed by atoms with van der Waals surface area (Å²) in [5.41, 5.74) is 1.74. The predicted octanol–water partition coefficient (Wildman–Crippen LogP) is 4.18. The average Bonchev–Trinajstić information content (AvgIpc) is 2.81. The van der Waals surface area contributed by atoms with E-state index in [9.17, 15) is 14.4 Å². The number of fused-ring (bicyclic) bond motifs is 1. The Morgan fingerprint density at radius 1 is 1.13 bits per heavy atom. The minimum Gasteiger partial charge on any atom is -0.466 e. The standard InChI is InChI=1S/C25H25NO5/c1-3-30-25(29)18-11-8-14-26(15-18)24(28)20-13-7-12-19-21(27)16(2)22(31-23(19)20)17-9-5-4-6-10-17/h4-7,9-10,12-13,18H,3,8,11,14-15H2,1-2H3/t18-/m1/s1. The highest BCUT2D eigenvalue weighted by molar-refractivity contribution is 6.05. The summed E-state index contributed by atoms with van der Waals surface area (Å²) >= 11 is 0. The number of ether oxygens (including phenoxy) is 1. The maximum Gasteiger partial charge on any atom is 0.310 e. The van der Waals surface area contributed by atoms with Crippen molar-refractivity contribution in [1.82, 2.24) is 4.90 Å². The summed E-state index contributed by atoms with van der Waals surface area (Å²) in [7, 11) is 0. The summed E-state index contributed by atoms with van der Waals surface area (Å²) in [6, 6.07) is 14.4. The fourth-order valence-electron chi connectivity index (χ4n) is 4.13. The first-order valence-corrected chi connectivity index (χ1v) is 10.6. The average molecular weight is 419 g/mol. The Kier molecular flexibility index (Phi) is 5.89. The molecule has 0 aliphatic carbocycles. The third-order valence-electron chi connectivity index (χ3n) is 5.74. The van der Waals surface area contributed by atoms with Crippen molar-refractivity contribution < 1.29 is 18.7 Å². The Labute approximate surface area is 180 Å². The van der Waals surface area contributed by atoms with Crippen molar-refractivity contribution in [1.29, 1.82) is 0 Å². The molecule has 1 aliphatic rings. The third kappa shape index (κ3) is 3.98. The zero-order valence-corrected chi connectivity index (χ0v) is 17.7. The molecule has 1 fully saturated rings. The molecule has 2 aromatic carbocycles. The summed E-state index contributed by atoms with van der Waals surface area (Å²) < 4.78 is 11.3. The molecule has 31 heavy (non-hydrogen) atoms. The zero-order valence-electron chi connectivity index (χ0n) is 17.7. The van der Waals surface area contributed by atoms with E-state index < -0.39 is 0 Å². The summed E-state index contributed by atoms with van der Waals surface area (Å²) in [5, 5.41) is 0.377. The van der Waals surface area contributed by atoms with Gasteiger partial charge in [-0.05, 0) is 38.8 Å². The van der Waals surface area contributed by atoms with E-state index in [2.05, 4.69) is 0 Å². The lowest BCUT2D eigenvalue weighted by molar-refractivity contribution is -0.149. The number of benzene rings is 2. The summed E-state index contributed by atoms with van der Waals surface area (Å²) in [4.78, 5) is 40.3. The molecule has 3 aromatic rings. The molecule has 0 saturated carbocycles. The monoisotopic (exact) mass is 419 g/mol. The lowest BCUT2D eigenvalue weighted by Crippen LogP contribution is -2.42. The van der Waals surface area contributed by atoms with Gasteiger partial charge in [-0.15, -0.1) is 0 Å². The third-order valence-corrected chi connectivity index (χ3v) is 5.74. The lowest BCUT2D eigenvalue weighted by Gasteiger charge is -2.31. The first-order valence-electron chi connectivity index (χ1n) is 10.6. The molecule has 4 rings (SSSR count). The van der Waals surface area contributed by atoms with E-state index in [0.29, 0.717) is 48.4 Å². The maximum atomic E-state index is 13.4. The van der Waals surface area contributed by atoms with Gasteiger partial charge in [-0.25, -0.2) is 0 Å². The summed E-state index contributed by atoms with van der Waals surface area (Å²) in [5.74, 6) is -0.389. The van der Waals surface area contributed by atoms with Crippen LogP contribution in [0.1, 0.15) is 35.7 Å². The number of nitrogens with zero attached hydrogens (tertiary/aromatic N) is 1. The highest BCUT2D eigenvalue weighted by atomic mass is 16.5. The molecule has 1 saturated heterocycles. The first kappa shape index (κ1) is 20.8. The maximum absolute atomic E-state index is 13.4. The highest BCUT2D eigenvalue weighted by Crippen LogP contribution is 2.29. The Morgan fingerprint density at radius 2 is 1.90 bits per heavy atom.